The maximum atomic E-state index is 12.8. The fourth-order valence-electron chi connectivity index (χ4n) is 3.78. The summed E-state index contributed by atoms with van der Waals surface area (Å²) in [5.41, 5.74) is -2.29. The fourth-order valence-corrected chi connectivity index (χ4v) is 3.78. The highest BCUT2D eigenvalue weighted by atomic mass is 16.5. The van der Waals surface area contributed by atoms with E-state index in [4.69, 9.17) is 9.47 Å². The van der Waals surface area contributed by atoms with Gasteiger partial charge < -0.3 is 24.5 Å². The van der Waals surface area contributed by atoms with E-state index in [1.54, 1.807) is 27.7 Å². The average Bonchev–Trinajstić information content (AvgIpc) is 2.64. The van der Waals surface area contributed by atoms with Crippen molar-refractivity contribution in [1.29, 1.82) is 0 Å². The molecule has 0 bridgehead atoms. The minimum atomic E-state index is -1.54. The molecule has 0 aliphatic heterocycles. The highest BCUT2D eigenvalue weighted by Crippen LogP contribution is 2.31. The van der Waals surface area contributed by atoms with Gasteiger partial charge in [-0.05, 0) is 33.6 Å². The Bertz CT molecular complexity index is 531. The number of ether oxygens (including phenoxy) is 2. The minimum absolute atomic E-state index is 0.0928. The van der Waals surface area contributed by atoms with Crippen LogP contribution in [0.2, 0.25) is 0 Å². The van der Waals surface area contributed by atoms with E-state index in [-0.39, 0.29) is 18.2 Å². The zero-order valence-corrected chi connectivity index (χ0v) is 18.5. The summed E-state index contributed by atoms with van der Waals surface area (Å²) in [6.45, 7) is 9.80. The van der Waals surface area contributed by atoms with Crippen molar-refractivity contribution in [1.82, 2.24) is 0 Å². The molecule has 7 atom stereocenters. The van der Waals surface area contributed by atoms with Crippen molar-refractivity contribution in [3.05, 3.63) is 0 Å². The number of aldehydes is 1. The SMILES string of the molecule is COC[C@@](C)(O)C(O)C(C)C(=O)[C@H](C)C[C@](C)(C[C@@H](C)C(=O)C(C)C=O)OC. The topological polar surface area (TPSA) is 110 Å². The molecule has 2 N–H and O–H groups in total. The van der Waals surface area contributed by atoms with E-state index in [9.17, 15) is 24.6 Å². The average molecular weight is 403 g/mol. The summed E-state index contributed by atoms with van der Waals surface area (Å²) in [6, 6.07) is 0. The largest absolute Gasteiger partial charge is 0.389 e. The van der Waals surface area contributed by atoms with Gasteiger partial charge in [0.1, 0.15) is 23.5 Å². The number of aliphatic hydroxyl groups excluding tert-OH is 1. The molecule has 0 saturated carbocycles. The number of ketones is 2. The van der Waals surface area contributed by atoms with Crippen LogP contribution in [-0.4, -0.2) is 66.2 Å². The molecule has 0 aromatic rings. The van der Waals surface area contributed by atoms with E-state index < -0.39 is 41.0 Å². The van der Waals surface area contributed by atoms with Crippen molar-refractivity contribution in [3.63, 3.8) is 0 Å². The molecule has 0 aliphatic rings. The lowest BCUT2D eigenvalue weighted by Crippen LogP contribution is -2.50. The number of methoxy groups -OCH3 is 2. The molecule has 3 unspecified atom stereocenters. The Morgan fingerprint density at radius 2 is 1.46 bits per heavy atom. The monoisotopic (exact) mass is 402 g/mol. The van der Waals surface area contributed by atoms with Gasteiger partial charge in [-0.25, -0.2) is 0 Å². The van der Waals surface area contributed by atoms with E-state index in [2.05, 4.69) is 0 Å². The molecule has 164 valence electrons. The molecule has 0 aromatic carbocycles. The summed E-state index contributed by atoms with van der Waals surface area (Å²) < 4.78 is 10.5. The zero-order valence-electron chi connectivity index (χ0n) is 18.5. The second kappa shape index (κ2) is 11.1. The van der Waals surface area contributed by atoms with Crippen LogP contribution in [0.4, 0.5) is 0 Å². The van der Waals surface area contributed by atoms with Crippen LogP contribution in [0.3, 0.4) is 0 Å². The summed E-state index contributed by atoms with van der Waals surface area (Å²) in [5, 5.41) is 20.7. The molecule has 0 saturated heterocycles. The van der Waals surface area contributed by atoms with Crippen molar-refractivity contribution in [3.8, 4) is 0 Å². The van der Waals surface area contributed by atoms with Crippen LogP contribution < -0.4 is 0 Å². The number of hydrogen-bond acceptors (Lipinski definition) is 7. The molecule has 0 aromatic heterocycles. The molecule has 0 rings (SSSR count). The first-order chi connectivity index (χ1) is 12.8. The third kappa shape index (κ3) is 7.35. The molecule has 0 aliphatic carbocycles. The first kappa shape index (κ1) is 26.9. The van der Waals surface area contributed by atoms with Crippen molar-refractivity contribution in [2.45, 2.75) is 71.7 Å². The molecule has 0 amide bonds. The maximum absolute atomic E-state index is 12.8. The second-order valence-corrected chi connectivity index (χ2v) is 8.62. The Morgan fingerprint density at radius 1 is 1.00 bits per heavy atom. The summed E-state index contributed by atoms with van der Waals surface area (Å²) >= 11 is 0. The smallest absolute Gasteiger partial charge is 0.145 e. The van der Waals surface area contributed by atoms with Gasteiger partial charge in [-0.2, -0.15) is 0 Å². The zero-order chi connectivity index (χ0) is 22.3. The van der Waals surface area contributed by atoms with E-state index in [0.29, 0.717) is 19.1 Å². The Labute approximate surface area is 168 Å². The third-order valence-electron chi connectivity index (χ3n) is 5.59. The summed E-state index contributed by atoms with van der Waals surface area (Å²) in [6.07, 6.45) is 0.0737. The minimum Gasteiger partial charge on any atom is -0.389 e. The third-order valence-corrected chi connectivity index (χ3v) is 5.59. The van der Waals surface area contributed by atoms with Gasteiger partial charge in [0.2, 0.25) is 0 Å². The molecule has 0 spiro atoms. The predicted molar refractivity (Wildman–Crippen MR) is 106 cm³/mol. The summed E-state index contributed by atoms with van der Waals surface area (Å²) in [5.74, 6) is -2.68. The van der Waals surface area contributed by atoms with Crippen LogP contribution in [0.5, 0.6) is 0 Å². The Hall–Kier alpha value is -1.15. The van der Waals surface area contributed by atoms with Crippen LogP contribution in [0.15, 0.2) is 0 Å². The van der Waals surface area contributed by atoms with Crippen LogP contribution in [0, 0.1) is 23.7 Å². The van der Waals surface area contributed by atoms with E-state index >= 15 is 0 Å². The quantitative estimate of drug-likeness (QED) is 0.337. The standard InChI is InChI=1S/C21H38O7/c1-13(17(23)15(3)11-22)9-20(5,28-8)10-14(2)18(24)16(4)19(25)21(6,26)12-27-7/h11,13-16,19,25-26H,9-10,12H2,1-8H3/t13-,14-,15?,16?,19?,20+,21-/m1/s1. The van der Waals surface area contributed by atoms with Crippen LogP contribution in [0.25, 0.3) is 0 Å². The number of rotatable bonds is 14. The molecular weight excluding hydrogens is 364 g/mol. The lowest BCUT2D eigenvalue weighted by Gasteiger charge is -2.36. The van der Waals surface area contributed by atoms with E-state index in [1.807, 2.05) is 6.92 Å². The fraction of sp³-hybridized carbons (Fsp3) is 0.857. The van der Waals surface area contributed by atoms with Crippen molar-refractivity contribution >= 4 is 17.9 Å². The Kier molecular flexibility index (Phi) is 10.7. The number of carbonyl (C=O) groups is 3. The number of Topliss-reactive ketones (excluding diaryl/α,β-unsaturated/α-hetero) is 2. The van der Waals surface area contributed by atoms with Gasteiger partial charge in [-0.3, -0.25) is 9.59 Å². The van der Waals surface area contributed by atoms with E-state index in [0.717, 1.165) is 0 Å². The van der Waals surface area contributed by atoms with Gasteiger partial charge in [-0.15, -0.1) is 0 Å². The highest BCUT2D eigenvalue weighted by Gasteiger charge is 2.40. The molecule has 7 nitrogen and oxygen atoms in total. The maximum Gasteiger partial charge on any atom is 0.145 e. The molecule has 7 heteroatoms. The summed E-state index contributed by atoms with van der Waals surface area (Å²) in [4.78, 5) is 35.9. The van der Waals surface area contributed by atoms with Crippen LogP contribution in [0.1, 0.15) is 54.4 Å². The van der Waals surface area contributed by atoms with Gasteiger partial charge in [0.15, 0.2) is 0 Å². The summed E-state index contributed by atoms with van der Waals surface area (Å²) in [7, 11) is 2.94. The van der Waals surface area contributed by atoms with Gasteiger partial charge in [0.05, 0.1) is 24.2 Å². The van der Waals surface area contributed by atoms with Crippen LogP contribution in [-0.2, 0) is 23.9 Å². The number of hydrogen-bond donors (Lipinski definition) is 2. The van der Waals surface area contributed by atoms with E-state index in [1.165, 1.54) is 21.1 Å². The lowest BCUT2D eigenvalue weighted by molar-refractivity contribution is -0.148. The van der Waals surface area contributed by atoms with Gasteiger partial charge in [-0.1, -0.05) is 20.8 Å². The molecular formula is C21H38O7. The highest BCUT2D eigenvalue weighted by molar-refractivity contribution is 5.94. The molecule has 0 fully saturated rings. The predicted octanol–water partition coefficient (Wildman–Crippen LogP) is 1.81. The van der Waals surface area contributed by atoms with Crippen molar-refractivity contribution in [2.75, 3.05) is 20.8 Å². The van der Waals surface area contributed by atoms with Crippen LogP contribution >= 0.6 is 0 Å². The Balaban J connectivity index is 5.16. The van der Waals surface area contributed by atoms with Gasteiger partial charge >= 0.3 is 0 Å². The van der Waals surface area contributed by atoms with Crippen molar-refractivity contribution < 1.29 is 34.1 Å². The van der Waals surface area contributed by atoms with Gasteiger partial charge in [0, 0.05) is 32.0 Å². The lowest BCUT2D eigenvalue weighted by atomic mass is 9.77. The molecule has 0 heterocycles. The first-order valence-corrected chi connectivity index (χ1v) is 9.73. The molecule has 0 radical (unpaired) electrons. The van der Waals surface area contributed by atoms with Crippen molar-refractivity contribution in [2.24, 2.45) is 23.7 Å². The van der Waals surface area contributed by atoms with Gasteiger partial charge in [0.25, 0.3) is 0 Å². The number of aliphatic hydroxyl groups is 2. The number of carbonyl (C=O) groups excluding carboxylic acids is 3. The first-order valence-electron chi connectivity index (χ1n) is 9.73. The normalized spacial score (nSPS) is 21.5. The second-order valence-electron chi connectivity index (χ2n) is 8.62. The molecule has 28 heavy (non-hydrogen) atoms. The Morgan fingerprint density at radius 3 is 1.86 bits per heavy atom.